The normalized spacial score (nSPS) is 29.8. The lowest BCUT2D eigenvalue weighted by Crippen LogP contribution is -2.37. The SMILES string of the molecule is Nc1nc(=O)n([C@@H]2O[C@H](CO)[C@H](O)[C@H]2O)cc1C(F)(F)F. The Morgan fingerprint density at radius 2 is 2.00 bits per heavy atom. The summed E-state index contributed by atoms with van der Waals surface area (Å²) in [5.74, 6) is -1.00. The van der Waals surface area contributed by atoms with E-state index in [-0.39, 0.29) is 0 Å². The number of alkyl halides is 3. The summed E-state index contributed by atoms with van der Waals surface area (Å²) in [6, 6.07) is 0. The van der Waals surface area contributed by atoms with Gasteiger partial charge in [0.25, 0.3) is 0 Å². The number of nitrogens with two attached hydrogens (primary N) is 1. The fraction of sp³-hybridized carbons (Fsp3) is 0.600. The summed E-state index contributed by atoms with van der Waals surface area (Å²) < 4.78 is 43.6. The Morgan fingerprint density at radius 3 is 2.48 bits per heavy atom. The summed E-state index contributed by atoms with van der Waals surface area (Å²) in [7, 11) is 0. The van der Waals surface area contributed by atoms with Crippen LogP contribution in [0.15, 0.2) is 11.0 Å². The van der Waals surface area contributed by atoms with Crippen LogP contribution in [0.3, 0.4) is 0 Å². The summed E-state index contributed by atoms with van der Waals surface area (Å²) in [5, 5.41) is 28.2. The van der Waals surface area contributed by atoms with Crippen LogP contribution < -0.4 is 11.4 Å². The molecule has 2 rings (SSSR count). The zero-order chi connectivity index (χ0) is 15.9. The van der Waals surface area contributed by atoms with E-state index in [2.05, 4.69) is 4.98 Å². The van der Waals surface area contributed by atoms with Crippen LogP contribution in [-0.4, -0.2) is 49.8 Å². The summed E-state index contributed by atoms with van der Waals surface area (Å²) in [5.41, 5.74) is 2.49. The van der Waals surface area contributed by atoms with Crippen LogP contribution in [-0.2, 0) is 10.9 Å². The lowest BCUT2D eigenvalue weighted by atomic mass is 10.1. The van der Waals surface area contributed by atoms with Gasteiger partial charge in [0, 0.05) is 6.20 Å². The Labute approximate surface area is 115 Å². The van der Waals surface area contributed by atoms with Crippen LogP contribution in [0.2, 0.25) is 0 Å². The molecule has 4 atom stereocenters. The third kappa shape index (κ3) is 2.72. The third-order valence-corrected chi connectivity index (χ3v) is 3.08. The van der Waals surface area contributed by atoms with Gasteiger partial charge < -0.3 is 25.8 Å². The number of nitrogens with zero attached hydrogens (tertiary/aromatic N) is 2. The summed E-state index contributed by atoms with van der Waals surface area (Å²) in [6.45, 7) is -0.683. The molecule has 1 aromatic rings. The second kappa shape index (κ2) is 5.26. The van der Waals surface area contributed by atoms with Crippen molar-refractivity contribution >= 4 is 5.82 Å². The number of hydrogen-bond acceptors (Lipinski definition) is 7. The van der Waals surface area contributed by atoms with E-state index >= 15 is 0 Å². The Hall–Kier alpha value is -1.69. The standard InChI is InChI=1S/C10H12F3N3O5/c11-10(12,13)3-1-16(9(20)15-7(3)14)8-6(19)5(18)4(2-17)21-8/h1,4-6,8,17-19H,2H2,(H2,14,15,20)/t4-,5+,6-,8-/m1/s1. The number of rotatable bonds is 2. The van der Waals surface area contributed by atoms with Gasteiger partial charge >= 0.3 is 11.9 Å². The van der Waals surface area contributed by atoms with Crippen molar-refractivity contribution < 1.29 is 33.2 Å². The number of aliphatic hydroxyl groups is 3. The van der Waals surface area contributed by atoms with Gasteiger partial charge in [-0.3, -0.25) is 4.57 Å². The molecule has 0 saturated carbocycles. The molecular weight excluding hydrogens is 299 g/mol. The van der Waals surface area contributed by atoms with Crippen molar-refractivity contribution in [3.05, 3.63) is 22.2 Å². The van der Waals surface area contributed by atoms with Crippen molar-refractivity contribution in [1.82, 2.24) is 9.55 Å². The maximum absolute atomic E-state index is 12.7. The van der Waals surface area contributed by atoms with E-state index in [1.54, 1.807) is 0 Å². The number of nitrogen functional groups attached to an aromatic ring is 1. The molecule has 21 heavy (non-hydrogen) atoms. The van der Waals surface area contributed by atoms with Crippen LogP contribution in [0.5, 0.6) is 0 Å². The van der Waals surface area contributed by atoms with E-state index < -0.39 is 54.4 Å². The van der Waals surface area contributed by atoms with E-state index in [0.29, 0.717) is 10.8 Å². The molecule has 0 bridgehead atoms. The first-order valence-electron chi connectivity index (χ1n) is 5.75. The molecule has 0 amide bonds. The van der Waals surface area contributed by atoms with Gasteiger partial charge in [-0.25, -0.2) is 4.79 Å². The van der Waals surface area contributed by atoms with E-state index in [1.807, 2.05) is 0 Å². The van der Waals surface area contributed by atoms with E-state index in [0.717, 1.165) is 0 Å². The molecule has 1 aromatic heterocycles. The number of halogens is 3. The van der Waals surface area contributed by atoms with Crippen LogP contribution >= 0.6 is 0 Å². The minimum Gasteiger partial charge on any atom is -0.394 e. The van der Waals surface area contributed by atoms with Crippen molar-refractivity contribution in [3.8, 4) is 0 Å². The Balaban J connectivity index is 2.48. The van der Waals surface area contributed by atoms with Crippen LogP contribution in [0.25, 0.3) is 0 Å². The fourth-order valence-electron chi connectivity index (χ4n) is 1.99. The van der Waals surface area contributed by atoms with Gasteiger partial charge in [-0.05, 0) is 0 Å². The quantitative estimate of drug-likeness (QED) is 0.520. The maximum atomic E-state index is 12.7. The third-order valence-electron chi connectivity index (χ3n) is 3.08. The minimum absolute atomic E-state index is 0.352. The number of aliphatic hydroxyl groups excluding tert-OH is 3. The molecule has 11 heteroatoms. The first-order chi connectivity index (χ1) is 9.66. The molecule has 1 fully saturated rings. The number of anilines is 1. The molecule has 0 aliphatic carbocycles. The van der Waals surface area contributed by atoms with Crippen molar-refractivity contribution in [3.63, 3.8) is 0 Å². The zero-order valence-electron chi connectivity index (χ0n) is 10.4. The monoisotopic (exact) mass is 311 g/mol. The Bertz CT molecular complexity index is 590. The first kappa shape index (κ1) is 15.7. The van der Waals surface area contributed by atoms with Crippen LogP contribution in [0.4, 0.5) is 19.0 Å². The smallest absolute Gasteiger partial charge is 0.394 e. The molecule has 0 aromatic carbocycles. The maximum Gasteiger partial charge on any atom is 0.421 e. The first-order valence-corrected chi connectivity index (χ1v) is 5.75. The molecule has 0 radical (unpaired) electrons. The summed E-state index contributed by atoms with van der Waals surface area (Å²) in [4.78, 5) is 14.6. The summed E-state index contributed by atoms with van der Waals surface area (Å²) >= 11 is 0. The highest BCUT2D eigenvalue weighted by Crippen LogP contribution is 2.34. The predicted molar refractivity (Wildman–Crippen MR) is 60.9 cm³/mol. The van der Waals surface area contributed by atoms with Crippen molar-refractivity contribution in [2.45, 2.75) is 30.7 Å². The lowest BCUT2D eigenvalue weighted by Gasteiger charge is -2.19. The Kier molecular flexibility index (Phi) is 3.93. The van der Waals surface area contributed by atoms with Gasteiger partial charge in [-0.2, -0.15) is 18.2 Å². The topological polar surface area (TPSA) is 131 Å². The Morgan fingerprint density at radius 1 is 1.38 bits per heavy atom. The van der Waals surface area contributed by atoms with Crippen molar-refractivity contribution in [2.75, 3.05) is 12.3 Å². The molecule has 1 saturated heterocycles. The lowest BCUT2D eigenvalue weighted by molar-refractivity contribution is -0.138. The molecular formula is C10H12F3N3O5. The van der Waals surface area contributed by atoms with Gasteiger partial charge in [0.15, 0.2) is 6.23 Å². The zero-order valence-corrected chi connectivity index (χ0v) is 10.4. The van der Waals surface area contributed by atoms with Crippen molar-refractivity contribution in [1.29, 1.82) is 0 Å². The average Bonchev–Trinajstić information content (AvgIpc) is 2.65. The second-order valence-electron chi connectivity index (χ2n) is 4.46. The van der Waals surface area contributed by atoms with E-state index in [1.165, 1.54) is 0 Å². The fourth-order valence-corrected chi connectivity index (χ4v) is 1.99. The van der Waals surface area contributed by atoms with Gasteiger partial charge in [0.05, 0.1) is 6.61 Å². The molecule has 1 aliphatic heterocycles. The van der Waals surface area contributed by atoms with E-state index in [9.17, 15) is 28.2 Å². The highest BCUT2D eigenvalue weighted by atomic mass is 19.4. The minimum atomic E-state index is -4.86. The molecule has 0 spiro atoms. The van der Waals surface area contributed by atoms with Gasteiger partial charge in [-0.1, -0.05) is 0 Å². The highest BCUT2D eigenvalue weighted by molar-refractivity contribution is 5.39. The van der Waals surface area contributed by atoms with Crippen LogP contribution in [0.1, 0.15) is 11.8 Å². The number of hydrogen-bond donors (Lipinski definition) is 4. The van der Waals surface area contributed by atoms with Gasteiger partial charge in [-0.15, -0.1) is 0 Å². The molecule has 2 heterocycles. The molecule has 118 valence electrons. The predicted octanol–water partition coefficient (Wildman–Crippen LogP) is -1.54. The average molecular weight is 311 g/mol. The second-order valence-corrected chi connectivity index (χ2v) is 4.46. The molecule has 5 N–H and O–H groups in total. The van der Waals surface area contributed by atoms with Crippen molar-refractivity contribution in [2.24, 2.45) is 0 Å². The summed E-state index contributed by atoms with van der Waals surface area (Å²) in [6.07, 6.45) is -10.6. The van der Waals surface area contributed by atoms with E-state index in [4.69, 9.17) is 15.6 Å². The molecule has 0 unspecified atom stereocenters. The number of ether oxygens (including phenoxy) is 1. The van der Waals surface area contributed by atoms with Gasteiger partial charge in [0.2, 0.25) is 0 Å². The largest absolute Gasteiger partial charge is 0.421 e. The molecule has 1 aliphatic rings. The molecule has 8 nitrogen and oxygen atoms in total. The highest BCUT2D eigenvalue weighted by Gasteiger charge is 2.45. The van der Waals surface area contributed by atoms with Gasteiger partial charge in [0.1, 0.15) is 29.7 Å². The number of aromatic nitrogens is 2. The van der Waals surface area contributed by atoms with Crippen LogP contribution in [0, 0.1) is 0 Å².